The molecule has 0 saturated heterocycles. The lowest BCUT2D eigenvalue weighted by molar-refractivity contribution is 0.104. The lowest BCUT2D eigenvalue weighted by atomic mass is 10.1. The van der Waals surface area contributed by atoms with Crippen LogP contribution < -0.4 is 5.32 Å². The van der Waals surface area contributed by atoms with Gasteiger partial charge in [0.05, 0.1) is 10.7 Å². The first-order valence-corrected chi connectivity index (χ1v) is 6.74. The molecule has 0 bridgehead atoms. The van der Waals surface area contributed by atoms with Crippen LogP contribution in [0.25, 0.3) is 0 Å². The van der Waals surface area contributed by atoms with E-state index < -0.39 is 0 Å². The van der Waals surface area contributed by atoms with Crippen LogP contribution in [0.3, 0.4) is 0 Å². The largest absolute Gasteiger partial charge is 0.360 e. The van der Waals surface area contributed by atoms with E-state index in [-0.39, 0.29) is 5.78 Å². The van der Waals surface area contributed by atoms with Crippen LogP contribution in [-0.2, 0) is 0 Å². The Morgan fingerprint density at radius 1 is 1.05 bits per heavy atom. The number of benzene rings is 2. The SMILES string of the molecule is Cc1ccc(C(=O)/C=C/Nc2cc(C)ccc2Cl)cc1. The van der Waals surface area contributed by atoms with Crippen LogP contribution in [0.1, 0.15) is 21.5 Å². The third kappa shape index (κ3) is 3.72. The Hall–Kier alpha value is -2.06. The standard InChI is InChI=1S/C17H16ClNO/c1-12-3-6-14(7-4-12)17(20)9-10-19-16-11-13(2)5-8-15(16)18/h3-11,19H,1-2H3/b10-9+. The van der Waals surface area contributed by atoms with E-state index in [9.17, 15) is 4.79 Å². The highest BCUT2D eigenvalue weighted by atomic mass is 35.5. The molecule has 0 aliphatic rings. The summed E-state index contributed by atoms with van der Waals surface area (Å²) in [6.45, 7) is 3.98. The summed E-state index contributed by atoms with van der Waals surface area (Å²) >= 11 is 6.06. The maximum absolute atomic E-state index is 11.9. The van der Waals surface area contributed by atoms with Gasteiger partial charge in [0.1, 0.15) is 0 Å². The van der Waals surface area contributed by atoms with Gasteiger partial charge in [-0.15, -0.1) is 0 Å². The van der Waals surface area contributed by atoms with E-state index in [0.717, 1.165) is 16.8 Å². The summed E-state index contributed by atoms with van der Waals surface area (Å²) in [6.07, 6.45) is 3.12. The number of halogens is 1. The number of rotatable bonds is 4. The summed E-state index contributed by atoms with van der Waals surface area (Å²) in [7, 11) is 0. The Bertz CT molecular complexity index is 645. The molecule has 0 spiro atoms. The minimum absolute atomic E-state index is 0.0405. The normalized spacial score (nSPS) is 10.8. The van der Waals surface area contributed by atoms with Crippen LogP contribution in [-0.4, -0.2) is 5.78 Å². The van der Waals surface area contributed by atoms with E-state index in [0.29, 0.717) is 10.6 Å². The lowest BCUT2D eigenvalue weighted by Gasteiger charge is -2.04. The second-order valence-electron chi connectivity index (χ2n) is 4.69. The van der Waals surface area contributed by atoms with Crippen LogP contribution in [0, 0.1) is 13.8 Å². The highest BCUT2D eigenvalue weighted by Gasteiger charge is 2.01. The van der Waals surface area contributed by atoms with Crippen LogP contribution in [0.15, 0.2) is 54.7 Å². The van der Waals surface area contributed by atoms with Crippen LogP contribution in [0.4, 0.5) is 5.69 Å². The number of anilines is 1. The van der Waals surface area contributed by atoms with Gasteiger partial charge in [0.15, 0.2) is 5.78 Å². The highest BCUT2D eigenvalue weighted by Crippen LogP contribution is 2.22. The molecule has 0 amide bonds. The van der Waals surface area contributed by atoms with Crippen molar-refractivity contribution in [2.75, 3.05) is 5.32 Å². The first kappa shape index (κ1) is 14.4. The van der Waals surface area contributed by atoms with Crippen molar-refractivity contribution in [1.29, 1.82) is 0 Å². The average Bonchev–Trinajstić information content (AvgIpc) is 2.43. The fourth-order valence-electron chi connectivity index (χ4n) is 1.77. The number of hydrogen-bond acceptors (Lipinski definition) is 2. The molecule has 0 aliphatic carbocycles. The van der Waals surface area contributed by atoms with Gasteiger partial charge >= 0.3 is 0 Å². The first-order valence-electron chi connectivity index (χ1n) is 6.36. The van der Waals surface area contributed by atoms with Crippen molar-refractivity contribution in [1.82, 2.24) is 0 Å². The van der Waals surface area contributed by atoms with E-state index in [1.54, 1.807) is 6.20 Å². The fourth-order valence-corrected chi connectivity index (χ4v) is 1.94. The summed E-state index contributed by atoms with van der Waals surface area (Å²) in [5, 5.41) is 3.66. The van der Waals surface area contributed by atoms with Gasteiger partial charge in [-0.05, 0) is 31.5 Å². The van der Waals surface area contributed by atoms with E-state index in [1.807, 2.05) is 56.3 Å². The monoisotopic (exact) mass is 285 g/mol. The molecule has 3 heteroatoms. The zero-order valence-electron chi connectivity index (χ0n) is 11.5. The van der Waals surface area contributed by atoms with Crippen molar-refractivity contribution in [2.24, 2.45) is 0 Å². The van der Waals surface area contributed by atoms with Crippen molar-refractivity contribution in [3.05, 3.63) is 76.5 Å². The number of hydrogen-bond donors (Lipinski definition) is 1. The molecular weight excluding hydrogens is 270 g/mol. The zero-order chi connectivity index (χ0) is 14.5. The van der Waals surface area contributed by atoms with E-state index in [2.05, 4.69) is 5.32 Å². The smallest absolute Gasteiger partial charge is 0.187 e. The maximum Gasteiger partial charge on any atom is 0.187 e. The number of aryl methyl sites for hydroxylation is 2. The van der Waals surface area contributed by atoms with Gasteiger partial charge in [-0.3, -0.25) is 4.79 Å². The topological polar surface area (TPSA) is 29.1 Å². The van der Waals surface area contributed by atoms with Gasteiger partial charge in [0, 0.05) is 17.8 Å². The third-order valence-electron chi connectivity index (χ3n) is 2.93. The highest BCUT2D eigenvalue weighted by molar-refractivity contribution is 6.33. The summed E-state index contributed by atoms with van der Waals surface area (Å²) in [6, 6.07) is 13.2. The predicted octanol–water partition coefficient (Wildman–Crippen LogP) is 4.77. The second-order valence-corrected chi connectivity index (χ2v) is 5.10. The second kappa shape index (κ2) is 6.40. The molecule has 2 rings (SSSR count). The Kier molecular flexibility index (Phi) is 4.59. The summed E-state index contributed by atoms with van der Waals surface area (Å²) < 4.78 is 0. The van der Waals surface area contributed by atoms with Crippen LogP contribution in [0.5, 0.6) is 0 Å². The Labute approximate surface area is 124 Å². The van der Waals surface area contributed by atoms with Crippen molar-refractivity contribution < 1.29 is 4.79 Å². The number of nitrogens with one attached hydrogen (secondary N) is 1. The molecule has 0 radical (unpaired) electrons. The van der Waals surface area contributed by atoms with E-state index in [4.69, 9.17) is 11.6 Å². The maximum atomic E-state index is 11.9. The van der Waals surface area contributed by atoms with Gasteiger partial charge in [-0.25, -0.2) is 0 Å². The van der Waals surface area contributed by atoms with Crippen molar-refractivity contribution in [2.45, 2.75) is 13.8 Å². The molecule has 0 saturated carbocycles. The molecular formula is C17H16ClNO. The van der Waals surface area contributed by atoms with Crippen molar-refractivity contribution >= 4 is 23.1 Å². The van der Waals surface area contributed by atoms with Crippen LogP contribution >= 0.6 is 11.6 Å². The molecule has 0 aromatic heterocycles. The summed E-state index contributed by atoms with van der Waals surface area (Å²) in [4.78, 5) is 11.9. The third-order valence-corrected chi connectivity index (χ3v) is 3.26. The fraction of sp³-hybridized carbons (Fsp3) is 0.118. The first-order chi connectivity index (χ1) is 9.56. The number of carbonyl (C=O) groups is 1. The molecule has 0 heterocycles. The van der Waals surface area contributed by atoms with E-state index >= 15 is 0 Å². The predicted molar refractivity (Wildman–Crippen MR) is 84.5 cm³/mol. The van der Waals surface area contributed by atoms with Gasteiger partial charge in [0.25, 0.3) is 0 Å². The molecule has 0 atom stereocenters. The lowest BCUT2D eigenvalue weighted by Crippen LogP contribution is -1.96. The van der Waals surface area contributed by atoms with Crippen LogP contribution in [0.2, 0.25) is 5.02 Å². The van der Waals surface area contributed by atoms with Gasteiger partial charge in [-0.1, -0.05) is 47.5 Å². The van der Waals surface area contributed by atoms with Gasteiger partial charge < -0.3 is 5.32 Å². The molecule has 20 heavy (non-hydrogen) atoms. The molecule has 2 aromatic rings. The Balaban J connectivity index is 2.04. The van der Waals surface area contributed by atoms with Crippen molar-refractivity contribution in [3.8, 4) is 0 Å². The molecule has 1 N–H and O–H groups in total. The quantitative estimate of drug-likeness (QED) is 0.648. The molecule has 0 aliphatic heterocycles. The van der Waals surface area contributed by atoms with Crippen molar-refractivity contribution in [3.63, 3.8) is 0 Å². The van der Waals surface area contributed by atoms with Gasteiger partial charge in [0.2, 0.25) is 0 Å². The minimum Gasteiger partial charge on any atom is -0.360 e. The average molecular weight is 286 g/mol. The Morgan fingerprint density at radius 3 is 2.40 bits per heavy atom. The Morgan fingerprint density at radius 2 is 1.70 bits per heavy atom. The summed E-state index contributed by atoms with van der Waals surface area (Å²) in [5.74, 6) is -0.0405. The number of allylic oxidation sites excluding steroid dienone is 1. The van der Waals surface area contributed by atoms with Gasteiger partial charge in [-0.2, -0.15) is 0 Å². The molecule has 2 nitrogen and oxygen atoms in total. The number of carbonyl (C=O) groups excluding carboxylic acids is 1. The van der Waals surface area contributed by atoms with E-state index in [1.165, 1.54) is 6.08 Å². The molecule has 0 fully saturated rings. The minimum atomic E-state index is -0.0405. The molecule has 2 aromatic carbocycles. The molecule has 102 valence electrons. The number of ketones is 1. The zero-order valence-corrected chi connectivity index (χ0v) is 12.2. The summed E-state index contributed by atoms with van der Waals surface area (Å²) in [5.41, 5.74) is 3.70. The molecule has 0 unspecified atom stereocenters.